The van der Waals surface area contributed by atoms with E-state index in [0.717, 1.165) is 0 Å². The zero-order valence-electron chi connectivity index (χ0n) is 12.8. The lowest BCUT2D eigenvalue weighted by Gasteiger charge is -2.11. The highest BCUT2D eigenvalue weighted by molar-refractivity contribution is 6.06. The smallest absolute Gasteiger partial charge is 0.255 e. The van der Waals surface area contributed by atoms with Crippen LogP contribution in [0.1, 0.15) is 33.2 Å². The Hall–Kier alpha value is -3.15. The van der Waals surface area contributed by atoms with E-state index in [0.29, 0.717) is 28.1 Å². The minimum absolute atomic E-state index is 0.215. The Labute approximate surface area is 133 Å². The van der Waals surface area contributed by atoms with Gasteiger partial charge in [0.15, 0.2) is 0 Å². The molecule has 4 N–H and O–H groups in total. The maximum Gasteiger partial charge on any atom is 0.255 e. The van der Waals surface area contributed by atoms with Crippen LogP contribution in [0.4, 0.5) is 11.4 Å². The van der Waals surface area contributed by atoms with E-state index >= 15 is 0 Å². The lowest BCUT2D eigenvalue weighted by Crippen LogP contribution is -2.17. The molecule has 0 bridgehead atoms. The maximum atomic E-state index is 12.3. The summed E-state index contributed by atoms with van der Waals surface area (Å²) >= 11 is 0. The number of hydrogen-bond donors (Lipinski definition) is 3. The largest absolute Gasteiger partial charge is 0.366 e. The number of anilines is 2. The Morgan fingerprint density at radius 2 is 1.70 bits per heavy atom. The van der Waals surface area contributed by atoms with Gasteiger partial charge < -0.3 is 16.4 Å². The molecular formula is C17H17N3O3. The first-order valence-corrected chi connectivity index (χ1v) is 6.97. The second-order valence-corrected chi connectivity index (χ2v) is 5.06. The molecule has 0 spiro atoms. The number of nitrogens with one attached hydrogen (secondary N) is 2. The predicted octanol–water partition coefficient (Wildman–Crippen LogP) is 2.30. The van der Waals surface area contributed by atoms with E-state index < -0.39 is 5.91 Å². The summed E-state index contributed by atoms with van der Waals surface area (Å²) in [6, 6.07) is 11.5. The van der Waals surface area contributed by atoms with Crippen molar-refractivity contribution in [2.75, 3.05) is 10.6 Å². The summed E-state index contributed by atoms with van der Waals surface area (Å²) in [4.78, 5) is 34.8. The summed E-state index contributed by atoms with van der Waals surface area (Å²) in [5, 5.41) is 5.36. The minimum atomic E-state index is -0.550. The molecule has 0 atom stereocenters. The molecule has 0 unspecified atom stereocenters. The molecule has 0 aliphatic heterocycles. The molecule has 118 valence electrons. The number of carbonyl (C=O) groups is 3. The van der Waals surface area contributed by atoms with E-state index in [-0.39, 0.29) is 11.8 Å². The highest BCUT2D eigenvalue weighted by Gasteiger charge is 2.12. The molecule has 2 aromatic carbocycles. The molecule has 23 heavy (non-hydrogen) atoms. The molecule has 0 radical (unpaired) electrons. The summed E-state index contributed by atoms with van der Waals surface area (Å²) in [7, 11) is 0. The summed E-state index contributed by atoms with van der Waals surface area (Å²) in [5.41, 5.74) is 7.69. The van der Waals surface area contributed by atoms with Gasteiger partial charge in [-0.3, -0.25) is 14.4 Å². The van der Waals surface area contributed by atoms with Gasteiger partial charge in [-0.1, -0.05) is 12.1 Å². The Morgan fingerprint density at radius 3 is 2.35 bits per heavy atom. The quantitative estimate of drug-likeness (QED) is 0.807. The molecule has 0 aliphatic rings. The Balaban J connectivity index is 2.24. The second-order valence-electron chi connectivity index (χ2n) is 5.06. The molecule has 0 heterocycles. The molecular weight excluding hydrogens is 294 g/mol. The Morgan fingerprint density at radius 1 is 1.00 bits per heavy atom. The molecule has 2 rings (SSSR count). The first-order valence-electron chi connectivity index (χ1n) is 6.97. The van der Waals surface area contributed by atoms with Gasteiger partial charge in [-0.25, -0.2) is 0 Å². The SMILES string of the molecule is CC(=O)Nc1cccc(C(=O)Nc2cccc(C(N)=O)c2C)c1. The molecule has 0 saturated heterocycles. The van der Waals surface area contributed by atoms with E-state index in [1.807, 2.05) is 0 Å². The number of benzene rings is 2. The highest BCUT2D eigenvalue weighted by atomic mass is 16.2. The molecule has 0 saturated carbocycles. The van der Waals surface area contributed by atoms with Crippen molar-refractivity contribution in [3.8, 4) is 0 Å². The van der Waals surface area contributed by atoms with Gasteiger partial charge in [-0.2, -0.15) is 0 Å². The van der Waals surface area contributed by atoms with Crippen molar-refractivity contribution in [3.63, 3.8) is 0 Å². The van der Waals surface area contributed by atoms with Crippen LogP contribution in [-0.2, 0) is 4.79 Å². The van der Waals surface area contributed by atoms with Gasteiger partial charge in [0.25, 0.3) is 5.91 Å². The third kappa shape index (κ3) is 3.94. The monoisotopic (exact) mass is 311 g/mol. The fourth-order valence-electron chi connectivity index (χ4n) is 2.17. The van der Waals surface area contributed by atoms with E-state index in [1.54, 1.807) is 49.4 Å². The van der Waals surface area contributed by atoms with Gasteiger partial charge >= 0.3 is 0 Å². The van der Waals surface area contributed by atoms with Crippen LogP contribution in [0.5, 0.6) is 0 Å². The van der Waals surface area contributed by atoms with Crippen LogP contribution in [0, 0.1) is 6.92 Å². The van der Waals surface area contributed by atoms with Crippen molar-refractivity contribution in [1.29, 1.82) is 0 Å². The fourth-order valence-corrected chi connectivity index (χ4v) is 2.17. The Kier molecular flexibility index (Phi) is 4.75. The van der Waals surface area contributed by atoms with Crippen LogP contribution >= 0.6 is 0 Å². The van der Waals surface area contributed by atoms with Gasteiger partial charge in [0.1, 0.15) is 0 Å². The van der Waals surface area contributed by atoms with Gasteiger partial charge in [0, 0.05) is 29.4 Å². The average molecular weight is 311 g/mol. The average Bonchev–Trinajstić information content (AvgIpc) is 2.48. The number of amides is 3. The van der Waals surface area contributed by atoms with Crippen LogP contribution in [0.25, 0.3) is 0 Å². The van der Waals surface area contributed by atoms with Crippen LogP contribution in [-0.4, -0.2) is 17.7 Å². The second kappa shape index (κ2) is 6.74. The first kappa shape index (κ1) is 16.2. The van der Waals surface area contributed by atoms with Crippen molar-refractivity contribution >= 4 is 29.1 Å². The van der Waals surface area contributed by atoms with Gasteiger partial charge in [-0.05, 0) is 42.8 Å². The van der Waals surface area contributed by atoms with Crippen LogP contribution < -0.4 is 16.4 Å². The lowest BCUT2D eigenvalue weighted by molar-refractivity contribution is -0.114. The fraction of sp³-hybridized carbons (Fsp3) is 0.118. The van der Waals surface area contributed by atoms with E-state index in [1.165, 1.54) is 6.92 Å². The number of hydrogen-bond acceptors (Lipinski definition) is 3. The van der Waals surface area contributed by atoms with Gasteiger partial charge in [0.05, 0.1) is 0 Å². The van der Waals surface area contributed by atoms with Gasteiger partial charge in [-0.15, -0.1) is 0 Å². The molecule has 0 fully saturated rings. The van der Waals surface area contributed by atoms with Crippen LogP contribution in [0.2, 0.25) is 0 Å². The van der Waals surface area contributed by atoms with Crippen molar-refractivity contribution in [2.45, 2.75) is 13.8 Å². The summed E-state index contributed by atoms with van der Waals surface area (Å²) in [5.74, 6) is -1.11. The van der Waals surface area contributed by atoms with Crippen LogP contribution in [0.3, 0.4) is 0 Å². The standard InChI is InChI=1S/C17H17N3O3/c1-10-14(16(18)22)7-4-8-15(10)20-17(23)12-5-3-6-13(9-12)19-11(2)21/h3-9H,1-2H3,(H2,18,22)(H,19,21)(H,20,23). The van der Waals surface area contributed by atoms with E-state index in [9.17, 15) is 14.4 Å². The predicted molar refractivity (Wildman–Crippen MR) is 88.4 cm³/mol. The lowest BCUT2D eigenvalue weighted by atomic mass is 10.1. The molecule has 2 aromatic rings. The topological polar surface area (TPSA) is 101 Å². The third-order valence-electron chi connectivity index (χ3n) is 3.29. The van der Waals surface area contributed by atoms with Crippen molar-refractivity contribution in [2.24, 2.45) is 5.73 Å². The first-order chi connectivity index (χ1) is 10.9. The maximum absolute atomic E-state index is 12.3. The molecule has 0 aromatic heterocycles. The normalized spacial score (nSPS) is 10.0. The van der Waals surface area contributed by atoms with Crippen molar-refractivity contribution in [3.05, 3.63) is 59.2 Å². The number of carbonyl (C=O) groups excluding carboxylic acids is 3. The highest BCUT2D eigenvalue weighted by Crippen LogP contribution is 2.20. The minimum Gasteiger partial charge on any atom is -0.366 e. The number of rotatable bonds is 4. The molecule has 6 nitrogen and oxygen atoms in total. The molecule has 3 amide bonds. The van der Waals surface area contributed by atoms with E-state index in [4.69, 9.17) is 5.73 Å². The Bertz CT molecular complexity index is 784. The summed E-state index contributed by atoms with van der Waals surface area (Å²) < 4.78 is 0. The zero-order chi connectivity index (χ0) is 17.0. The van der Waals surface area contributed by atoms with Crippen molar-refractivity contribution < 1.29 is 14.4 Å². The van der Waals surface area contributed by atoms with Gasteiger partial charge in [0.2, 0.25) is 11.8 Å². The zero-order valence-corrected chi connectivity index (χ0v) is 12.8. The third-order valence-corrected chi connectivity index (χ3v) is 3.29. The summed E-state index contributed by atoms with van der Waals surface area (Å²) in [6.07, 6.45) is 0. The summed E-state index contributed by atoms with van der Waals surface area (Å²) in [6.45, 7) is 3.11. The molecule has 0 aliphatic carbocycles. The number of nitrogens with two attached hydrogens (primary N) is 1. The van der Waals surface area contributed by atoms with Crippen LogP contribution in [0.15, 0.2) is 42.5 Å². The van der Waals surface area contributed by atoms with E-state index in [2.05, 4.69) is 10.6 Å². The molecule has 6 heteroatoms. The van der Waals surface area contributed by atoms with Crippen molar-refractivity contribution in [1.82, 2.24) is 0 Å². The number of primary amides is 1.